The lowest BCUT2D eigenvalue weighted by molar-refractivity contribution is -0.115. The molecule has 0 aliphatic rings. The van der Waals surface area contributed by atoms with E-state index < -0.39 is 11.9 Å². The van der Waals surface area contributed by atoms with Gasteiger partial charge in [0.2, 0.25) is 5.91 Å². The van der Waals surface area contributed by atoms with Crippen molar-refractivity contribution < 1.29 is 24.2 Å². The average Bonchev–Trinajstić information content (AvgIpc) is 2.40. The third-order valence-electron chi connectivity index (χ3n) is 2.35. The second-order valence-electron chi connectivity index (χ2n) is 3.67. The Morgan fingerprint density at radius 1 is 1.40 bits per heavy atom. The van der Waals surface area contributed by atoms with Gasteiger partial charge in [0.15, 0.2) is 11.5 Å². The van der Waals surface area contributed by atoms with E-state index in [1.165, 1.54) is 19.2 Å². The van der Waals surface area contributed by atoms with Gasteiger partial charge in [-0.15, -0.1) is 0 Å². The van der Waals surface area contributed by atoms with Gasteiger partial charge in [0.1, 0.15) is 6.42 Å². The second-order valence-corrected chi connectivity index (χ2v) is 3.67. The maximum atomic E-state index is 11.4. The Kier molecular flexibility index (Phi) is 5.35. The number of ether oxygens (including phenoxy) is 2. The SMILES string of the molecule is CCOc1cc(C(=O)O)c(NC(=O)CC#N)cc1OC. The number of hydrogen-bond donors (Lipinski definition) is 2. The lowest BCUT2D eigenvalue weighted by Gasteiger charge is -2.14. The summed E-state index contributed by atoms with van der Waals surface area (Å²) in [5.41, 5.74) is -0.0846. The van der Waals surface area contributed by atoms with Gasteiger partial charge in [-0.2, -0.15) is 5.26 Å². The first-order valence-electron chi connectivity index (χ1n) is 5.78. The molecule has 0 saturated heterocycles. The highest BCUT2D eigenvalue weighted by atomic mass is 16.5. The predicted molar refractivity (Wildman–Crippen MR) is 70.0 cm³/mol. The molecule has 7 heteroatoms. The van der Waals surface area contributed by atoms with Crippen molar-refractivity contribution in [3.8, 4) is 17.6 Å². The Labute approximate surface area is 115 Å². The van der Waals surface area contributed by atoms with Crippen LogP contribution in [-0.4, -0.2) is 30.7 Å². The molecule has 0 fully saturated rings. The number of aromatic carboxylic acids is 1. The predicted octanol–water partition coefficient (Wildman–Crippen LogP) is 1.64. The molecule has 1 aromatic carbocycles. The topological polar surface area (TPSA) is 109 Å². The Balaban J connectivity index is 3.24. The van der Waals surface area contributed by atoms with Crippen LogP contribution in [0.25, 0.3) is 0 Å². The van der Waals surface area contributed by atoms with Crippen LogP contribution in [0.5, 0.6) is 11.5 Å². The van der Waals surface area contributed by atoms with Crippen molar-refractivity contribution in [2.45, 2.75) is 13.3 Å². The first kappa shape index (κ1) is 15.3. The van der Waals surface area contributed by atoms with Gasteiger partial charge >= 0.3 is 5.97 Å². The van der Waals surface area contributed by atoms with Gasteiger partial charge in [0, 0.05) is 12.1 Å². The van der Waals surface area contributed by atoms with Gasteiger partial charge in [0.25, 0.3) is 0 Å². The van der Waals surface area contributed by atoms with E-state index in [2.05, 4.69) is 5.32 Å². The zero-order valence-electron chi connectivity index (χ0n) is 11.1. The van der Waals surface area contributed by atoms with E-state index in [0.717, 1.165) is 0 Å². The molecule has 1 amide bonds. The lowest BCUT2D eigenvalue weighted by Crippen LogP contribution is -2.14. The number of nitriles is 1. The lowest BCUT2D eigenvalue weighted by atomic mass is 10.1. The third kappa shape index (κ3) is 3.62. The molecule has 0 aromatic heterocycles. The second kappa shape index (κ2) is 6.99. The number of amides is 1. The number of nitrogens with zero attached hydrogens (tertiary/aromatic N) is 1. The van der Waals surface area contributed by atoms with Crippen LogP contribution in [0.15, 0.2) is 12.1 Å². The smallest absolute Gasteiger partial charge is 0.337 e. The highest BCUT2D eigenvalue weighted by Crippen LogP contribution is 2.33. The zero-order chi connectivity index (χ0) is 15.1. The van der Waals surface area contributed by atoms with Crippen molar-refractivity contribution in [2.75, 3.05) is 19.0 Å². The summed E-state index contributed by atoms with van der Waals surface area (Å²) in [4.78, 5) is 22.6. The van der Waals surface area contributed by atoms with Gasteiger partial charge < -0.3 is 19.9 Å². The molecule has 0 saturated carbocycles. The first-order valence-corrected chi connectivity index (χ1v) is 5.78. The molecular weight excluding hydrogens is 264 g/mol. The van der Waals surface area contributed by atoms with Crippen LogP contribution in [0.4, 0.5) is 5.69 Å². The molecular formula is C13H14N2O5. The van der Waals surface area contributed by atoms with Gasteiger partial charge in [-0.1, -0.05) is 0 Å². The molecule has 7 nitrogen and oxygen atoms in total. The van der Waals surface area contributed by atoms with E-state index in [0.29, 0.717) is 12.4 Å². The summed E-state index contributed by atoms with van der Waals surface area (Å²) in [5.74, 6) is -1.25. The fraction of sp³-hybridized carbons (Fsp3) is 0.308. The number of hydrogen-bond acceptors (Lipinski definition) is 5. The van der Waals surface area contributed by atoms with Crippen molar-refractivity contribution in [1.29, 1.82) is 5.26 Å². The van der Waals surface area contributed by atoms with Crippen LogP contribution >= 0.6 is 0 Å². The summed E-state index contributed by atoms with van der Waals surface area (Å²) in [6.07, 6.45) is -0.366. The Morgan fingerprint density at radius 3 is 2.60 bits per heavy atom. The minimum absolute atomic E-state index is 0.0538. The van der Waals surface area contributed by atoms with E-state index in [9.17, 15) is 9.59 Å². The number of carboxylic acids is 1. The summed E-state index contributed by atoms with van der Waals surface area (Å²) in [7, 11) is 1.40. The number of anilines is 1. The molecule has 0 bridgehead atoms. The fourth-order valence-electron chi connectivity index (χ4n) is 1.53. The highest BCUT2D eigenvalue weighted by Gasteiger charge is 2.18. The highest BCUT2D eigenvalue weighted by molar-refractivity contribution is 6.01. The van der Waals surface area contributed by atoms with Crippen molar-refractivity contribution in [3.63, 3.8) is 0 Å². The fourth-order valence-corrected chi connectivity index (χ4v) is 1.53. The molecule has 0 aliphatic carbocycles. The molecule has 2 N–H and O–H groups in total. The molecule has 1 aromatic rings. The van der Waals surface area contributed by atoms with Gasteiger partial charge in [0.05, 0.1) is 31.0 Å². The molecule has 0 aliphatic heterocycles. The average molecular weight is 278 g/mol. The number of nitrogens with one attached hydrogen (secondary N) is 1. The molecule has 20 heavy (non-hydrogen) atoms. The van der Waals surface area contributed by atoms with Crippen molar-refractivity contribution in [2.24, 2.45) is 0 Å². The number of rotatable bonds is 6. The Morgan fingerprint density at radius 2 is 2.10 bits per heavy atom. The Hall–Kier alpha value is -2.75. The van der Waals surface area contributed by atoms with Gasteiger partial charge in [-0.05, 0) is 6.92 Å². The van der Waals surface area contributed by atoms with Gasteiger partial charge in [-0.3, -0.25) is 4.79 Å². The van der Waals surface area contributed by atoms with Gasteiger partial charge in [-0.25, -0.2) is 4.79 Å². The molecule has 0 spiro atoms. The standard InChI is InChI=1S/C13H14N2O5/c1-3-20-11-6-8(13(17)18)9(7-10(11)19-2)15-12(16)4-5-14/h6-7H,3-4H2,1-2H3,(H,15,16)(H,17,18). The quantitative estimate of drug-likeness (QED) is 0.818. The molecule has 0 unspecified atom stereocenters. The summed E-state index contributed by atoms with van der Waals surface area (Å²) in [6.45, 7) is 2.10. The maximum absolute atomic E-state index is 11.4. The monoisotopic (exact) mass is 278 g/mol. The normalized spacial score (nSPS) is 9.45. The van der Waals surface area contributed by atoms with Crippen LogP contribution in [0.1, 0.15) is 23.7 Å². The number of carbonyl (C=O) groups excluding carboxylic acids is 1. The summed E-state index contributed by atoms with van der Waals surface area (Å²) in [5, 5.41) is 19.9. The summed E-state index contributed by atoms with van der Waals surface area (Å²) < 4.78 is 10.4. The molecule has 1 rings (SSSR count). The first-order chi connectivity index (χ1) is 9.53. The molecule has 0 heterocycles. The van der Waals surface area contributed by atoms with Crippen LogP contribution in [0, 0.1) is 11.3 Å². The number of benzene rings is 1. The largest absolute Gasteiger partial charge is 0.493 e. The van der Waals surface area contributed by atoms with E-state index >= 15 is 0 Å². The van der Waals surface area contributed by atoms with Crippen LogP contribution < -0.4 is 14.8 Å². The van der Waals surface area contributed by atoms with Crippen LogP contribution in [0.3, 0.4) is 0 Å². The van der Waals surface area contributed by atoms with Crippen molar-refractivity contribution >= 4 is 17.6 Å². The van der Waals surface area contributed by atoms with Crippen molar-refractivity contribution in [3.05, 3.63) is 17.7 Å². The number of carbonyl (C=O) groups is 2. The zero-order valence-corrected chi connectivity index (χ0v) is 11.1. The molecule has 106 valence electrons. The summed E-state index contributed by atoms with van der Waals surface area (Å²) >= 11 is 0. The maximum Gasteiger partial charge on any atom is 0.337 e. The third-order valence-corrected chi connectivity index (χ3v) is 2.35. The van der Waals surface area contributed by atoms with E-state index in [-0.39, 0.29) is 23.4 Å². The van der Waals surface area contributed by atoms with Crippen LogP contribution in [-0.2, 0) is 4.79 Å². The number of methoxy groups -OCH3 is 1. The van der Waals surface area contributed by atoms with Crippen molar-refractivity contribution in [1.82, 2.24) is 0 Å². The van der Waals surface area contributed by atoms with E-state index in [1.807, 2.05) is 0 Å². The molecule has 0 atom stereocenters. The molecule has 0 radical (unpaired) electrons. The van der Waals surface area contributed by atoms with E-state index in [4.69, 9.17) is 19.8 Å². The van der Waals surface area contributed by atoms with Crippen LogP contribution in [0.2, 0.25) is 0 Å². The van der Waals surface area contributed by atoms with E-state index in [1.54, 1.807) is 13.0 Å². The number of carboxylic acid groups (broad SMARTS) is 1. The minimum atomic E-state index is -1.22. The Bertz CT molecular complexity index is 563. The minimum Gasteiger partial charge on any atom is -0.493 e. The summed E-state index contributed by atoms with van der Waals surface area (Å²) in [6, 6.07) is 4.30.